The molecule has 0 aromatic heterocycles. The molecular weight excluding hydrogens is 398 g/mol. The molecule has 0 aliphatic carbocycles. The van der Waals surface area contributed by atoms with Gasteiger partial charge in [0.2, 0.25) is 0 Å². The predicted octanol–water partition coefficient (Wildman–Crippen LogP) is 2.91. The molecule has 0 aliphatic heterocycles. The maximum absolute atomic E-state index is 12.8. The number of rotatable bonds is 8. The molecule has 0 atom stereocenters. The second kappa shape index (κ2) is 9.42. The Morgan fingerprint density at radius 2 is 1.72 bits per heavy atom. The van der Waals surface area contributed by atoms with E-state index in [0.717, 1.165) is 11.6 Å². The van der Waals surface area contributed by atoms with Crippen molar-refractivity contribution in [3.8, 4) is 5.75 Å². The fourth-order valence-corrected chi connectivity index (χ4v) is 3.60. The van der Waals surface area contributed by atoms with Gasteiger partial charge in [-0.2, -0.15) is 0 Å². The standard InChI is InChI=1S/C20H23NO7S/c1-13(2)28-19(22)12-27-20(23)15-7-10-17(26-4)18(11-15)29(24,25)21-16-8-5-14(3)6-9-16/h5-11,13,21H,12H2,1-4H3. The summed E-state index contributed by atoms with van der Waals surface area (Å²) in [4.78, 5) is 23.5. The summed E-state index contributed by atoms with van der Waals surface area (Å²) < 4.78 is 43.0. The third-order valence-electron chi connectivity index (χ3n) is 3.68. The van der Waals surface area contributed by atoms with Crippen LogP contribution in [0.2, 0.25) is 0 Å². The number of carbonyl (C=O) groups excluding carboxylic acids is 2. The van der Waals surface area contributed by atoms with Crippen molar-refractivity contribution >= 4 is 27.6 Å². The molecule has 0 radical (unpaired) electrons. The number of benzene rings is 2. The Kier molecular flexibility index (Phi) is 7.22. The van der Waals surface area contributed by atoms with E-state index in [4.69, 9.17) is 14.2 Å². The highest BCUT2D eigenvalue weighted by Crippen LogP contribution is 2.27. The van der Waals surface area contributed by atoms with Crippen molar-refractivity contribution in [3.63, 3.8) is 0 Å². The molecule has 1 N–H and O–H groups in total. The lowest BCUT2D eigenvalue weighted by Gasteiger charge is -2.13. The van der Waals surface area contributed by atoms with Crippen LogP contribution in [0.3, 0.4) is 0 Å². The van der Waals surface area contributed by atoms with E-state index in [0.29, 0.717) is 5.69 Å². The van der Waals surface area contributed by atoms with E-state index >= 15 is 0 Å². The van der Waals surface area contributed by atoms with E-state index in [2.05, 4.69) is 4.72 Å². The van der Waals surface area contributed by atoms with Crippen LogP contribution in [0.15, 0.2) is 47.4 Å². The fraction of sp³-hybridized carbons (Fsp3) is 0.300. The molecule has 9 heteroatoms. The van der Waals surface area contributed by atoms with E-state index in [1.165, 1.54) is 19.2 Å². The average molecular weight is 421 g/mol. The first-order valence-electron chi connectivity index (χ1n) is 8.76. The third-order valence-corrected chi connectivity index (χ3v) is 5.08. The second-order valence-electron chi connectivity index (χ2n) is 6.45. The van der Waals surface area contributed by atoms with Crippen molar-refractivity contribution in [1.82, 2.24) is 0 Å². The SMILES string of the molecule is COc1ccc(C(=O)OCC(=O)OC(C)C)cc1S(=O)(=O)Nc1ccc(C)cc1. The summed E-state index contributed by atoms with van der Waals surface area (Å²) in [6.45, 7) is 4.64. The van der Waals surface area contributed by atoms with Gasteiger partial charge in [-0.1, -0.05) is 17.7 Å². The van der Waals surface area contributed by atoms with Crippen molar-refractivity contribution in [2.24, 2.45) is 0 Å². The Morgan fingerprint density at radius 3 is 2.31 bits per heavy atom. The molecule has 0 saturated carbocycles. The molecule has 0 unspecified atom stereocenters. The Hall–Kier alpha value is -3.07. The van der Waals surface area contributed by atoms with Crippen molar-refractivity contribution in [3.05, 3.63) is 53.6 Å². The van der Waals surface area contributed by atoms with Gasteiger partial charge in [-0.05, 0) is 51.1 Å². The lowest BCUT2D eigenvalue weighted by atomic mass is 10.2. The molecule has 0 spiro atoms. The zero-order valence-electron chi connectivity index (χ0n) is 16.6. The molecule has 0 heterocycles. The average Bonchev–Trinajstić information content (AvgIpc) is 2.66. The Bertz CT molecular complexity index is 982. The van der Waals surface area contributed by atoms with Gasteiger partial charge in [0.1, 0.15) is 10.6 Å². The lowest BCUT2D eigenvalue weighted by Crippen LogP contribution is -2.20. The van der Waals surface area contributed by atoms with Gasteiger partial charge in [0.25, 0.3) is 10.0 Å². The molecule has 0 bridgehead atoms. The van der Waals surface area contributed by atoms with Crippen molar-refractivity contribution in [1.29, 1.82) is 0 Å². The Morgan fingerprint density at radius 1 is 1.07 bits per heavy atom. The summed E-state index contributed by atoms with van der Waals surface area (Å²) in [7, 11) is -2.73. The Balaban J connectivity index is 2.24. The molecule has 0 aliphatic rings. The minimum absolute atomic E-state index is 0.0487. The number of nitrogens with one attached hydrogen (secondary N) is 1. The number of anilines is 1. The molecule has 2 aromatic carbocycles. The molecule has 2 rings (SSSR count). The van der Waals surface area contributed by atoms with Gasteiger partial charge in [-0.25, -0.2) is 18.0 Å². The van der Waals surface area contributed by atoms with E-state index in [-0.39, 0.29) is 22.3 Å². The number of aryl methyl sites for hydroxylation is 1. The molecule has 8 nitrogen and oxygen atoms in total. The number of sulfonamides is 1. The highest BCUT2D eigenvalue weighted by molar-refractivity contribution is 7.92. The minimum Gasteiger partial charge on any atom is -0.495 e. The second-order valence-corrected chi connectivity index (χ2v) is 8.10. The highest BCUT2D eigenvalue weighted by atomic mass is 32.2. The first-order chi connectivity index (χ1) is 13.6. The number of esters is 2. The molecule has 0 fully saturated rings. The van der Waals surface area contributed by atoms with E-state index in [9.17, 15) is 18.0 Å². The topological polar surface area (TPSA) is 108 Å². The van der Waals surface area contributed by atoms with Gasteiger partial charge >= 0.3 is 11.9 Å². The summed E-state index contributed by atoms with van der Waals surface area (Å²) in [5, 5.41) is 0. The molecule has 29 heavy (non-hydrogen) atoms. The van der Waals surface area contributed by atoms with Gasteiger partial charge in [-0.3, -0.25) is 4.72 Å². The lowest BCUT2D eigenvalue weighted by molar-refractivity contribution is -0.150. The van der Waals surface area contributed by atoms with Crippen molar-refractivity contribution < 1.29 is 32.2 Å². The quantitative estimate of drug-likeness (QED) is 0.653. The summed E-state index contributed by atoms with van der Waals surface area (Å²) in [6.07, 6.45) is -0.341. The number of carbonyl (C=O) groups is 2. The normalized spacial score (nSPS) is 11.1. The van der Waals surface area contributed by atoms with E-state index in [1.807, 2.05) is 6.92 Å². The molecule has 2 aromatic rings. The van der Waals surface area contributed by atoms with Gasteiger partial charge in [0.15, 0.2) is 6.61 Å². The van der Waals surface area contributed by atoms with E-state index < -0.39 is 28.6 Å². The van der Waals surface area contributed by atoms with Crippen molar-refractivity contribution in [2.45, 2.75) is 31.8 Å². The zero-order valence-corrected chi connectivity index (χ0v) is 17.4. The molecular formula is C20H23NO7S. The maximum Gasteiger partial charge on any atom is 0.344 e. The number of hydrogen-bond acceptors (Lipinski definition) is 7. The number of hydrogen-bond donors (Lipinski definition) is 1. The van der Waals surface area contributed by atoms with Crippen LogP contribution in [0.25, 0.3) is 0 Å². The fourth-order valence-electron chi connectivity index (χ4n) is 2.35. The molecule has 156 valence electrons. The van der Waals surface area contributed by atoms with Crippen LogP contribution >= 0.6 is 0 Å². The Labute approximate surface area is 169 Å². The van der Waals surface area contributed by atoms with Crippen LogP contribution in [0.4, 0.5) is 5.69 Å². The van der Waals surface area contributed by atoms with Crippen LogP contribution in [-0.2, 0) is 24.3 Å². The summed E-state index contributed by atoms with van der Waals surface area (Å²) in [5.41, 5.74) is 1.29. The summed E-state index contributed by atoms with van der Waals surface area (Å²) >= 11 is 0. The molecule has 0 saturated heterocycles. The summed E-state index contributed by atoms with van der Waals surface area (Å²) in [6, 6.07) is 10.6. The van der Waals surface area contributed by atoms with E-state index in [1.54, 1.807) is 38.1 Å². The first-order valence-corrected chi connectivity index (χ1v) is 10.2. The maximum atomic E-state index is 12.8. The predicted molar refractivity (Wildman–Crippen MR) is 106 cm³/mol. The van der Waals surface area contributed by atoms with Gasteiger partial charge in [-0.15, -0.1) is 0 Å². The van der Waals surface area contributed by atoms with Crippen LogP contribution in [-0.4, -0.2) is 40.2 Å². The number of ether oxygens (including phenoxy) is 3. The van der Waals surface area contributed by atoms with Crippen molar-refractivity contribution in [2.75, 3.05) is 18.4 Å². The van der Waals surface area contributed by atoms with Crippen LogP contribution in [0.1, 0.15) is 29.8 Å². The zero-order chi connectivity index (χ0) is 21.6. The van der Waals surface area contributed by atoms with Crippen LogP contribution in [0, 0.1) is 6.92 Å². The largest absolute Gasteiger partial charge is 0.495 e. The van der Waals surface area contributed by atoms with Gasteiger partial charge in [0, 0.05) is 5.69 Å². The highest BCUT2D eigenvalue weighted by Gasteiger charge is 2.23. The van der Waals surface area contributed by atoms with Crippen LogP contribution < -0.4 is 9.46 Å². The smallest absolute Gasteiger partial charge is 0.344 e. The number of methoxy groups -OCH3 is 1. The first kappa shape index (κ1) is 22.2. The molecule has 0 amide bonds. The monoisotopic (exact) mass is 421 g/mol. The minimum atomic E-state index is -4.05. The van der Waals surface area contributed by atoms with Gasteiger partial charge < -0.3 is 14.2 Å². The van der Waals surface area contributed by atoms with Crippen LogP contribution in [0.5, 0.6) is 5.75 Å². The van der Waals surface area contributed by atoms with Gasteiger partial charge in [0.05, 0.1) is 18.8 Å². The summed E-state index contributed by atoms with van der Waals surface area (Å²) in [5.74, 6) is -1.50. The third kappa shape index (κ3) is 6.21.